The van der Waals surface area contributed by atoms with Crippen molar-refractivity contribution in [1.29, 1.82) is 0 Å². The van der Waals surface area contributed by atoms with Crippen molar-refractivity contribution < 1.29 is 15.0 Å². The molecule has 0 unspecified atom stereocenters. The molecule has 0 aliphatic carbocycles. The number of carbonyl (C=O) groups is 1. The van der Waals surface area contributed by atoms with Crippen molar-refractivity contribution in [3.8, 4) is 0 Å². The normalized spacial score (nSPS) is 8.11. The predicted molar refractivity (Wildman–Crippen MR) is 35.7 cm³/mol. The van der Waals surface area contributed by atoms with Crippen LogP contribution in [0.3, 0.4) is 0 Å². The topological polar surface area (TPSA) is 57.5 Å². The van der Waals surface area contributed by atoms with Gasteiger partial charge in [0.2, 0.25) is 0 Å². The molecule has 0 rings (SSSR count). The maximum atomic E-state index is 9.24. The smallest absolute Gasteiger partial charge is 0.318 e. The monoisotopic (exact) mass is 154 g/mol. The van der Waals surface area contributed by atoms with Crippen LogP contribution in [0.4, 0.5) is 0 Å². The van der Waals surface area contributed by atoms with E-state index in [1.54, 1.807) is 13.8 Å². The van der Waals surface area contributed by atoms with E-state index in [0.29, 0.717) is 0 Å². The number of hydrogen-bond acceptors (Lipinski definition) is 2. The lowest BCUT2D eigenvalue weighted by atomic mass is 10.5. The minimum atomic E-state index is -0.980. The molecule has 0 bridgehead atoms. The van der Waals surface area contributed by atoms with E-state index < -0.39 is 5.97 Å². The van der Waals surface area contributed by atoms with Crippen molar-refractivity contribution >= 4 is 17.6 Å². The van der Waals surface area contributed by atoms with Gasteiger partial charge in [0, 0.05) is 6.10 Å². The van der Waals surface area contributed by atoms with Gasteiger partial charge in [-0.05, 0) is 13.8 Å². The zero-order valence-electron chi connectivity index (χ0n) is 5.47. The van der Waals surface area contributed by atoms with Crippen molar-refractivity contribution in [2.45, 2.75) is 20.0 Å². The highest BCUT2D eigenvalue weighted by atomic mass is 35.5. The minimum Gasteiger partial charge on any atom is -0.480 e. The molecule has 0 aliphatic heterocycles. The van der Waals surface area contributed by atoms with Gasteiger partial charge in [0.25, 0.3) is 0 Å². The van der Waals surface area contributed by atoms with E-state index >= 15 is 0 Å². The van der Waals surface area contributed by atoms with Gasteiger partial charge in [-0.15, -0.1) is 11.6 Å². The fraction of sp³-hybridized carbons (Fsp3) is 0.800. The fourth-order valence-electron chi connectivity index (χ4n) is 0. The maximum absolute atomic E-state index is 9.24. The molecular formula is C5H11ClO3. The molecule has 0 radical (unpaired) electrons. The van der Waals surface area contributed by atoms with Crippen LogP contribution >= 0.6 is 11.6 Å². The number of aliphatic hydroxyl groups is 1. The molecule has 0 saturated carbocycles. The summed E-state index contributed by atoms with van der Waals surface area (Å²) < 4.78 is 0. The van der Waals surface area contributed by atoms with Crippen LogP contribution in [0.1, 0.15) is 13.8 Å². The van der Waals surface area contributed by atoms with Gasteiger partial charge in [-0.3, -0.25) is 4.79 Å². The summed E-state index contributed by atoms with van der Waals surface area (Å²) in [6, 6.07) is 0. The number of alkyl halides is 1. The van der Waals surface area contributed by atoms with E-state index in [1.165, 1.54) is 0 Å². The number of carboxylic acid groups (broad SMARTS) is 1. The summed E-state index contributed by atoms with van der Waals surface area (Å²) in [5.41, 5.74) is 0. The summed E-state index contributed by atoms with van der Waals surface area (Å²) in [5, 5.41) is 15.6. The van der Waals surface area contributed by atoms with Crippen LogP contribution in [0.5, 0.6) is 0 Å². The Morgan fingerprint density at radius 1 is 1.67 bits per heavy atom. The quantitative estimate of drug-likeness (QED) is 0.547. The first-order valence-electron chi connectivity index (χ1n) is 2.46. The van der Waals surface area contributed by atoms with E-state index in [2.05, 4.69) is 0 Å². The van der Waals surface area contributed by atoms with Crippen LogP contribution in [-0.2, 0) is 4.79 Å². The van der Waals surface area contributed by atoms with Crippen LogP contribution in [0.2, 0.25) is 0 Å². The number of rotatable bonds is 1. The van der Waals surface area contributed by atoms with Gasteiger partial charge >= 0.3 is 5.97 Å². The molecule has 0 amide bonds. The van der Waals surface area contributed by atoms with Crippen LogP contribution < -0.4 is 0 Å². The van der Waals surface area contributed by atoms with Crippen LogP contribution in [0, 0.1) is 0 Å². The van der Waals surface area contributed by atoms with Crippen LogP contribution in [0.25, 0.3) is 0 Å². The van der Waals surface area contributed by atoms with Crippen molar-refractivity contribution in [2.24, 2.45) is 0 Å². The maximum Gasteiger partial charge on any atom is 0.318 e. The molecule has 0 atom stereocenters. The second-order valence-corrected chi connectivity index (χ2v) is 1.89. The van der Waals surface area contributed by atoms with Gasteiger partial charge in [0.1, 0.15) is 5.88 Å². The second-order valence-electron chi connectivity index (χ2n) is 1.62. The van der Waals surface area contributed by atoms with Gasteiger partial charge < -0.3 is 10.2 Å². The molecule has 0 aromatic carbocycles. The Balaban J connectivity index is 0. The largest absolute Gasteiger partial charge is 0.480 e. The standard InChI is InChI=1S/C3H8O.C2H3ClO2/c1-3(2)4;3-1-2(4)5/h3-4H,1-2H3;1H2,(H,4,5). The molecule has 3 nitrogen and oxygen atoms in total. The summed E-state index contributed by atoms with van der Waals surface area (Å²) in [4.78, 5) is 9.24. The van der Waals surface area contributed by atoms with E-state index in [0.717, 1.165) is 0 Å². The minimum absolute atomic E-state index is 0.167. The van der Waals surface area contributed by atoms with Gasteiger partial charge in [-0.2, -0.15) is 0 Å². The molecule has 0 aliphatic rings. The summed E-state index contributed by atoms with van der Waals surface area (Å²) >= 11 is 4.74. The summed E-state index contributed by atoms with van der Waals surface area (Å²) in [6.45, 7) is 3.44. The molecule has 56 valence electrons. The number of hydrogen-bond donors (Lipinski definition) is 2. The summed E-state index contributed by atoms with van der Waals surface area (Å²) in [5.74, 6) is -1.29. The molecule has 0 fully saturated rings. The molecular weight excluding hydrogens is 144 g/mol. The summed E-state index contributed by atoms with van der Waals surface area (Å²) in [7, 11) is 0. The highest BCUT2D eigenvalue weighted by molar-refractivity contribution is 6.26. The number of aliphatic hydroxyl groups excluding tert-OH is 1. The van der Waals surface area contributed by atoms with Crippen molar-refractivity contribution in [3.05, 3.63) is 0 Å². The first-order chi connectivity index (χ1) is 4.00. The van der Waals surface area contributed by atoms with Gasteiger partial charge in [-0.25, -0.2) is 0 Å². The second kappa shape index (κ2) is 7.72. The Morgan fingerprint density at radius 3 is 1.78 bits per heavy atom. The molecule has 4 heteroatoms. The lowest BCUT2D eigenvalue weighted by Crippen LogP contribution is -1.92. The third kappa shape index (κ3) is 85.4. The SMILES string of the molecule is CC(C)O.O=C(O)CCl. The molecule has 2 N–H and O–H groups in total. The molecule has 0 heterocycles. The van der Waals surface area contributed by atoms with E-state index in [1.807, 2.05) is 0 Å². The Morgan fingerprint density at radius 2 is 1.78 bits per heavy atom. The zero-order valence-corrected chi connectivity index (χ0v) is 6.22. The van der Waals surface area contributed by atoms with Gasteiger partial charge in [0.15, 0.2) is 0 Å². The van der Waals surface area contributed by atoms with Crippen molar-refractivity contribution in [3.63, 3.8) is 0 Å². The molecule has 0 spiro atoms. The fourth-order valence-corrected chi connectivity index (χ4v) is 0. The molecule has 0 saturated heterocycles. The van der Waals surface area contributed by atoms with Crippen LogP contribution in [0.15, 0.2) is 0 Å². The van der Waals surface area contributed by atoms with E-state index in [-0.39, 0.29) is 12.0 Å². The molecule has 0 aromatic heterocycles. The van der Waals surface area contributed by atoms with Crippen molar-refractivity contribution in [2.75, 3.05) is 5.88 Å². The van der Waals surface area contributed by atoms with E-state index in [4.69, 9.17) is 21.8 Å². The molecule has 9 heavy (non-hydrogen) atoms. The Labute approximate surface area is 59.3 Å². The van der Waals surface area contributed by atoms with E-state index in [9.17, 15) is 4.79 Å². The number of carboxylic acids is 1. The van der Waals surface area contributed by atoms with Gasteiger partial charge in [-0.1, -0.05) is 0 Å². The molecule has 0 aromatic rings. The van der Waals surface area contributed by atoms with Crippen LogP contribution in [-0.4, -0.2) is 28.2 Å². The first-order valence-corrected chi connectivity index (χ1v) is 3.00. The number of halogens is 1. The lowest BCUT2D eigenvalue weighted by Gasteiger charge is -1.80. The lowest BCUT2D eigenvalue weighted by molar-refractivity contribution is -0.134. The third-order valence-corrected chi connectivity index (χ3v) is 0.343. The summed E-state index contributed by atoms with van der Waals surface area (Å²) in [6.07, 6.45) is -0.167. The van der Waals surface area contributed by atoms with Crippen molar-refractivity contribution in [1.82, 2.24) is 0 Å². The average Bonchev–Trinajstić information content (AvgIpc) is 1.65. The zero-order chi connectivity index (χ0) is 7.86. The number of aliphatic carboxylic acids is 1. The predicted octanol–water partition coefficient (Wildman–Crippen LogP) is 0.697. The highest BCUT2D eigenvalue weighted by Crippen LogP contribution is 1.67. The Kier molecular flexibility index (Phi) is 9.87. The highest BCUT2D eigenvalue weighted by Gasteiger charge is 1.83. The Hall–Kier alpha value is -0.280. The van der Waals surface area contributed by atoms with Gasteiger partial charge in [0.05, 0.1) is 0 Å². The third-order valence-electron chi connectivity index (χ3n) is 0.114. The Bertz CT molecular complexity index is 69.8. The average molecular weight is 155 g/mol. The first kappa shape index (κ1) is 11.5.